The lowest BCUT2D eigenvalue weighted by Crippen LogP contribution is -2.22. The van der Waals surface area contributed by atoms with Crippen LogP contribution in [0.4, 0.5) is 5.69 Å². The zero-order chi connectivity index (χ0) is 24.3. The SMILES string of the molecule is COc1cc(OC(=O)CCCC(=O)NCc2ccncc2)ccc1C(=O)Nc1ccc(I)cc1. The maximum Gasteiger partial charge on any atom is 0.311 e. The van der Waals surface area contributed by atoms with Crippen molar-refractivity contribution in [2.75, 3.05) is 12.4 Å². The Morgan fingerprint density at radius 2 is 1.71 bits per heavy atom. The number of hydrogen-bond acceptors (Lipinski definition) is 6. The summed E-state index contributed by atoms with van der Waals surface area (Å²) in [5, 5.41) is 5.61. The molecule has 1 aromatic heterocycles. The van der Waals surface area contributed by atoms with Crippen molar-refractivity contribution in [1.29, 1.82) is 0 Å². The molecule has 176 valence electrons. The van der Waals surface area contributed by atoms with Crippen LogP contribution in [-0.2, 0) is 16.1 Å². The summed E-state index contributed by atoms with van der Waals surface area (Å²) in [6.07, 6.45) is 3.97. The average Bonchev–Trinajstić information content (AvgIpc) is 2.84. The van der Waals surface area contributed by atoms with Crippen molar-refractivity contribution in [3.8, 4) is 11.5 Å². The summed E-state index contributed by atoms with van der Waals surface area (Å²) in [5.41, 5.74) is 1.92. The van der Waals surface area contributed by atoms with Crippen molar-refractivity contribution in [2.24, 2.45) is 0 Å². The number of nitrogens with zero attached hydrogens (tertiary/aromatic N) is 1. The van der Waals surface area contributed by atoms with Crippen LogP contribution in [0.5, 0.6) is 11.5 Å². The van der Waals surface area contributed by atoms with Crippen molar-refractivity contribution in [2.45, 2.75) is 25.8 Å². The monoisotopic (exact) mass is 573 g/mol. The summed E-state index contributed by atoms with van der Waals surface area (Å²) in [6, 6.07) is 15.6. The lowest BCUT2D eigenvalue weighted by Gasteiger charge is -2.11. The quantitative estimate of drug-likeness (QED) is 0.213. The smallest absolute Gasteiger partial charge is 0.311 e. The van der Waals surface area contributed by atoms with Gasteiger partial charge in [0, 0.05) is 47.1 Å². The molecule has 2 aromatic carbocycles. The Kier molecular flexibility index (Phi) is 9.39. The van der Waals surface area contributed by atoms with Gasteiger partial charge in [0.1, 0.15) is 11.5 Å². The number of benzene rings is 2. The van der Waals surface area contributed by atoms with Crippen LogP contribution >= 0.6 is 22.6 Å². The van der Waals surface area contributed by atoms with Gasteiger partial charge in [-0.25, -0.2) is 0 Å². The molecule has 0 aliphatic carbocycles. The average molecular weight is 573 g/mol. The highest BCUT2D eigenvalue weighted by atomic mass is 127. The van der Waals surface area contributed by atoms with Crippen LogP contribution in [0.15, 0.2) is 67.0 Å². The van der Waals surface area contributed by atoms with Crippen LogP contribution in [0.25, 0.3) is 0 Å². The summed E-state index contributed by atoms with van der Waals surface area (Å²) >= 11 is 2.19. The van der Waals surface area contributed by atoms with E-state index in [-0.39, 0.29) is 36.2 Å². The van der Waals surface area contributed by atoms with Crippen molar-refractivity contribution in [1.82, 2.24) is 10.3 Å². The number of halogens is 1. The van der Waals surface area contributed by atoms with Gasteiger partial charge in [0.25, 0.3) is 5.91 Å². The number of methoxy groups -OCH3 is 1. The molecule has 3 rings (SSSR count). The van der Waals surface area contributed by atoms with Crippen LogP contribution < -0.4 is 20.1 Å². The molecule has 0 atom stereocenters. The molecule has 0 spiro atoms. The molecule has 0 fully saturated rings. The van der Waals surface area contributed by atoms with Gasteiger partial charge in [-0.15, -0.1) is 0 Å². The first-order valence-corrected chi connectivity index (χ1v) is 11.6. The van der Waals surface area contributed by atoms with Gasteiger partial charge in [-0.1, -0.05) is 0 Å². The molecule has 34 heavy (non-hydrogen) atoms. The first-order chi connectivity index (χ1) is 16.4. The van der Waals surface area contributed by atoms with Gasteiger partial charge in [0.2, 0.25) is 5.91 Å². The molecule has 0 saturated heterocycles. The zero-order valence-electron chi connectivity index (χ0n) is 18.5. The lowest BCUT2D eigenvalue weighted by atomic mass is 10.1. The predicted octanol–water partition coefficient (Wildman–Crippen LogP) is 4.34. The molecule has 2 amide bonds. The summed E-state index contributed by atoms with van der Waals surface area (Å²) in [7, 11) is 1.44. The molecule has 0 aliphatic heterocycles. The number of hydrogen-bond donors (Lipinski definition) is 2. The summed E-state index contributed by atoms with van der Waals surface area (Å²) in [5.74, 6) is -0.415. The second kappa shape index (κ2) is 12.7. The van der Waals surface area contributed by atoms with Crippen LogP contribution in [0.1, 0.15) is 35.2 Å². The zero-order valence-corrected chi connectivity index (χ0v) is 20.7. The molecular formula is C25H24IN3O5. The van der Waals surface area contributed by atoms with Crippen molar-refractivity contribution in [3.63, 3.8) is 0 Å². The van der Waals surface area contributed by atoms with E-state index in [2.05, 4.69) is 38.2 Å². The minimum absolute atomic E-state index is 0.0834. The Morgan fingerprint density at radius 1 is 0.971 bits per heavy atom. The number of ether oxygens (including phenoxy) is 2. The molecule has 3 aromatic rings. The molecule has 9 heteroatoms. The Morgan fingerprint density at radius 3 is 2.41 bits per heavy atom. The van der Waals surface area contributed by atoms with Crippen LogP contribution in [0.2, 0.25) is 0 Å². The third-order valence-electron chi connectivity index (χ3n) is 4.78. The van der Waals surface area contributed by atoms with E-state index in [1.807, 2.05) is 36.4 Å². The predicted molar refractivity (Wildman–Crippen MR) is 136 cm³/mol. The van der Waals surface area contributed by atoms with E-state index in [9.17, 15) is 14.4 Å². The largest absolute Gasteiger partial charge is 0.496 e. The summed E-state index contributed by atoms with van der Waals surface area (Å²) in [4.78, 5) is 40.7. The number of rotatable bonds is 10. The Labute approximate surface area is 211 Å². The first-order valence-electron chi connectivity index (χ1n) is 10.6. The molecule has 0 aliphatic rings. The molecule has 0 bridgehead atoms. The van der Waals surface area contributed by atoms with Crippen LogP contribution in [0, 0.1) is 3.57 Å². The van der Waals surface area contributed by atoms with Crippen LogP contribution in [-0.4, -0.2) is 29.9 Å². The topological polar surface area (TPSA) is 107 Å². The van der Waals surface area contributed by atoms with Gasteiger partial charge < -0.3 is 20.1 Å². The molecule has 0 radical (unpaired) electrons. The highest BCUT2D eigenvalue weighted by Crippen LogP contribution is 2.26. The second-order valence-electron chi connectivity index (χ2n) is 7.28. The molecule has 8 nitrogen and oxygen atoms in total. The first kappa shape index (κ1) is 25.2. The fourth-order valence-electron chi connectivity index (χ4n) is 3.02. The number of pyridine rings is 1. The van der Waals surface area contributed by atoms with Gasteiger partial charge in [0.15, 0.2) is 0 Å². The summed E-state index contributed by atoms with van der Waals surface area (Å²) < 4.78 is 11.7. The number of carbonyl (C=O) groups is 3. The maximum absolute atomic E-state index is 12.6. The number of carbonyl (C=O) groups excluding carboxylic acids is 3. The number of nitrogens with one attached hydrogen (secondary N) is 2. The Hall–Kier alpha value is -3.47. The standard InChI is InChI=1S/C25H24IN3O5/c1-33-22-15-20(9-10-21(22)25(32)29-19-7-5-18(26)6-8-19)34-24(31)4-2-3-23(30)28-16-17-11-13-27-14-12-17/h5-15H,2-4,16H2,1H3,(H,28,30)(H,29,32). The van der Waals surface area contributed by atoms with Gasteiger partial charge in [-0.3, -0.25) is 19.4 Å². The van der Waals surface area contributed by atoms with Gasteiger partial charge in [-0.2, -0.15) is 0 Å². The fourth-order valence-corrected chi connectivity index (χ4v) is 3.38. The third kappa shape index (κ3) is 7.84. The van der Waals surface area contributed by atoms with E-state index in [0.29, 0.717) is 24.2 Å². The number of anilines is 1. The highest BCUT2D eigenvalue weighted by molar-refractivity contribution is 14.1. The highest BCUT2D eigenvalue weighted by Gasteiger charge is 2.15. The number of esters is 1. The fraction of sp³-hybridized carbons (Fsp3) is 0.200. The molecule has 0 unspecified atom stereocenters. The van der Waals surface area contributed by atoms with Crippen molar-refractivity contribution in [3.05, 3.63) is 81.7 Å². The third-order valence-corrected chi connectivity index (χ3v) is 5.49. The van der Waals surface area contributed by atoms with E-state index in [4.69, 9.17) is 9.47 Å². The van der Waals surface area contributed by atoms with E-state index in [1.54, 1.807) is 12.4 Å². The van der Waals surface area contributed by atoms with Gasteiger partial charge in [-0.05, 0) is 83.1 Å². The molecule has 0 saturated carbocycles. The molecule has 1 heterocycles. The van der Waals surface area contributed by atoms with Crippen LogP contribution in [0.3, 0.4) is 0 Å². The van der Waals surface area contributed by atoms with Gasteiger partial charge >= 0.3 is 5.97 Å². The van der Waals surface area contributed by atoms with Gasteiger partial charge in [0.05, 0.1) is 12.7 Å². The normalized spacial score (nSPS) is 10.3. The van der Waals surface area contributed by atoms with E-state index in [0.717, 1.165) is 9.13 Å². The number of aromatic nitrogens is 1. The van der Waals surface area contributed by atoms with E-state index in [1.165, 1.54) is 25.3 Å². The molecular weight excluding hydrogens is 549 g/mol. The minimum atomic E-state index is -0.472. The maximum atomic E-state index is 12.6. The lowest BCUT2D eigenvalue weighted by molar-refractivity contribution is -0.134. The van der Waals surface area contributed by atoms with Crippen molar-refractivity contribution >= 4 is 46.1 Å². The Bertz CT molecular complexity index is 1140. The number of amides is 2. The van der Waals surface area contributed by atoms with Crippen molar-refractivity contribution < 1.29 is 23.9 Å². The Balaban J connectivity index is 1.47. The second-order valence-corrected chi connectivity index (χ2v) is 8.53. The van der Waals surface area contributed by atoms with E-state index >= 15 is 0 Å². The minimum Gasteiger partial charge on any atom is -0.496 e. The van der Waals surface area contributed by atoms with E-state index < -0.39 is 5.97 Å². The molecule has 2 N–H and O–H groups in total. The summed E-state index contributed by atoms with van der Waals surface area (Å²) in [6.45, 7) is 0.412.